The molecule has 0 amide bonds. The first-order chi connectivity index (χ1) is 23.1. The van der Waals surface area contributed by atoms with Gasteiger partial charge in [0.25, 0.3) is 0 Å². The molecule has 4 aromatic carbocycles. The van der Waals surface area contributed by atoms with Crippen molar-refractivity contribution in [2.24, 2.45) is 0 Å². The number of nitrogens with zero attached hydrogens (tertiary/aromatic N) is 4. The Labute approximate surface area is 302 Å². The monoisotopic (exact) mass is 738 g/mol. The Hall–Kier alpha value is -4.70. The van der Waals surface area contributed by atoms with Crippen LogP contribution >= 0.6 is 0 Å². The molecule has 0 saturated heterocycles. The zero-order valence-corrected chi connectivity index (χ0v) is 30.7. The topological polar surface area (TPSA) is 54.1 Å². The third kappa shape index (κ3) is 6.18. The van der Waals surface area contributed by atoms with Crippen molar-refractivity contribution in [2.75, 3.05) is 7.11 Å². The van der Waals surface area contributed by atoms with E-state index in [9.17, 15) is 0 Å². The van der Waals surface area contributed by atoms with Gasteiger partial charge >= 0.3 is 20.4 Å². The van der Waals surface area contributed by atoms with Gasteiger partial charge in [-0.25, -0.2) is 4.98 Å². The van der Waals surface area contributed by atoms with Crippen LogP contribution in [0.5, 0.6) is 17.2 Å². The van der Waals surface area contributed by atoms with Gasteiger partial charge in [-0.1, -0.05) is 76.5 Å². The molecule has 7 rings (SSSR count). The minimum atomic E-state index is 0. The molecule has 6 nitrogen and oxygen atoms in total. The number of aromatic nitrogens is 4. The molecule has 0 unspecified atom stereocenters. The second-order valence-electron chi connectivity index (χ2n) is 13.1. The fourth-order valence-electron chi connectivity index (χ4n) is 6.81. The van der Waals surface area contributed by atoms with E-state index in [4.69, 9.17) is 14.6 Å². The molecule has 3 heterocycles. The van der Waals surface area contributed by atoms with Crippen LogP contribution in [0.1, 0.15) is 67.6 Å². The van der Waals surface area contributed by atoms with Crippen molar-refractivity contribution in [2.45, 2.75) is 60.3 Å². The van der Waals surface area contributed by atoms with Gasteiger partial charge in [-0.15, -0.1) is 35.7 Å². The Bertz CT molecular complexity index is 2290. The molecule has 250 valence electrons. The van der Waals surface area contributed by atoms with E-state index >= 15 is 0 Å². The number of pyridine rings is 1. The Kier molecular flexibility index (Phi) is 9.53. The van der Waals surface area contributed by atoms with Gasteiger partial charge in [0.15, 0.2) is 0 Å². The number of ether oxygens (including phenoxy) is 2. The zero-order valence-electron chi connectivity index (χ0n) is 29.2. The van der Waals surface area contributed by atoms with E-state index in [0.29, 0.717) is 11.5 Å². The molecule has 0 aliphatic rings. The number of rotatable bonds is 8. The zero-order chi connectivity index (χ0) is 33.7. The first-order valence-corrected chi connectivity index (χ1v) is 16.5. The number of hydrogen-bond donors (Lipinski definition) is 0. The quantitative estimate of drug-likeness (QED) is 0.115. The molecule has 0 spiro atoms. The van der Waals surface area contributed by atoms with Crippen LogP contribution in [0.3, 0.4) is 0 Å². The fourth-order valence-corrected chi connectivity index (χ4v) is 6.81. The number of para-hydroxylation sites is 1. The van der Waals surface area contributed by atoms with Gasteiger partial charge in [0.05, 0.1) is 18.5 Å². The third-order valence-electron chi connectivity index (χ3n) is 8.93. The van der Waals surface area contributed by atoms with E-state index in [1.165, 1.54) is 27.9 Å². The Balaban J connectivity index is 0.00000417. The standard InChI is InChI=1S/C42H40N4O2.Pd/c1-25(2)41-40(39-28(6)12-11-13-29(39)7)42(26(3)4)46(44-41)30-20-27(5)21-33(22-30)48-32-16-17-35-34-14-9-10-15-36(34)45(37(35)23-32)38-24-31(47-8)18-19-43-38;/h9-21,24-26H,1-8H3;/q-2;+2. The summed E-state index contributed by atoms with van der Waals surface area (Å²) in [7, 11) is 1.66. The molecule has 7 aromatic rings. The molecule has 0 saturated carbocycles. The van der Waals surface area contributed by atoms with E-state index in [1.807, 2.05) is 30.3 Å². The molecular weight excluding hydrogens is 699 g/mol. The van der Waals surface area contributed by atoms with E-state index in [0.717, 1.165) is 50.3 Å². The van der Waals surface area contributed by atoms with Crippen molar-refractivity contribution in [1.82, 2.24) is 19.3 Å². The smallest absolute Gasteiger partial charge is 0.509 e. The van der Waals surface area contributed by atoms with Crippen molar-refractivity contribution in [3.63, 3.8) is 0 Å². The van der Waals surface area contributed by atoms with E-state index in [2.05, 4.69) is 123 Å². The third-order valence-corrected chi connectivity index (χ3v) is 8.93. The molecule has 0 N–H and O–H groups in total. The largest absolute Gasteiger partial charge is 2.00 e. The molecule has 0 radical (unpaired) electrons. The Morgan fingerprint density at radius 2 is 1.49 bits per heavy atom. The van der Waals surface area contributed by atoms with Gasteiger partial charge < -0.3 is 14.0 Å². The van der Waals surface area contributed by atoms with E-state index in [1.54, 1.807) is 13.3 Å². The predicted molar refractivity (Wildman–Crippen MR) is 194 cm³/mol. The molecule has 0 fully saturated rings. The summed E-state index contributed by atoms with van der Waals surface area (Å²) in [5.74, 6) is 3.14. The Morgan fingerprint density at radius 3 is 2.20 bits per heavy atom. The van der Waals surface area contributed by atoms with Gasteiger partial charge in [0, 0.05) is 34.8 Å². The predicted octanol–water partition coefficient (Wildman–Crippen LogP) is 10.6. The van der Waals surface area contributed by atoms with E-state index in [-0.39, 0.29) is 32.3 Å². The van der Waals surface area contributed by atoms with Crippen molar-refractivity contribution in [3.05, 3.63) is 125 Å². The first-order valence-electron chi connectivity index (χ1n) is 16.5. The average Bonchev–Trinajstić information content (AvgIpc) is 3.61. The molecule has 0 aliphatic heterocycles. The van der Waals surface area contributed by atoms with Gasteiger partial charge in [0.2, 0.25) is 0 Å². The van der Waals surface area contributed by atoms with E-state index < -0.39 is 0 Å². The van der Waals surface area contributed by atoms with Crippen molar-refractivity contribution < 1.29 is 29.9 Å². The van der Waals surface area contributed by atoms with Crippen molar-refractivity contribution in [3.8, 4) is 39.9 Å². The number of benzene rings is 4. The molecule has 0 bridgehead atoms. The minimum absolute atomic E-state index is 0. The first kappa shape index (κ1) is 34.2. The van der Waals surface area contributed by atoms with Crippen molar-refractivity contribution >= 4 is 21.8 Å². The maximum absolute atomic E-state index is 6.56. The van der Waals surface area contributed by atoms with Crippen LogP contribution in [0.15, 0.2) is 85.1 Å². The van der Waals surface area contributed by atoms with Gasteiger partial charge in [0.1, 0.15) is 11.6 Å². The van der Waals surface area contributed by atoms with Crippen LogP contribution in [0.2, 0.25) is 0 Å². The summed E-state index contributed by atoms with van der Waals surface area (Å²) in [4.78, 5) is 4.68. The van der Waals surface area contributed by atoms with Gasteiger partial charge in [-0.05, 0) is 65.6 Å². The molecular formula is C42H40N4O2Pd. The fraction of sp³-hybridized carbons (Fsp3) is 0.238. The van der Waals surface area contributed by atoms with Crippen LogP contribution < -0.4 is 9.47 Å². The van der Waals surface area contributed by atoms with Crippen LogP contribution in [0.4, 0.5) is 0 Å². The summed E-state index contributed by atoms with van der Waals surface area (Å²) in [6.45, 7) is 15.4. The number of hydrogen-bond acceptors (Lipinski definition) is 4. The second kappa shape index (κ2) is 13.7. The van der Waals surface area contributed by atoms with Crippen LogP contribution in [-0.4, -0.2) is 26.4 Å². The summed E-state index contributed by atoms with van der Waals surface area (Å²) in [6, 6.07) is 33.9. The molecule has 0 aliphatic carbocycles. The number of fused-ring (bicyclic) bond motifs is 3. The van der Waals surface area contributed by atoms with Crippen LogP contribution in [0.25, 0.3) is 44.4 Å². The molecule has 0 atom stereocenters. The average molecular weight is 739 g/mol. The minimum Gasteiger partial charge on any atom is -0.509 e. The van der Waals surface area contributed by atoms with Crippen LogP contribution in [0, 0.1) is 32.9 Å². The van der Waals surface area contributed by atoms with Crippen molar-refractivity contribution in [1.29, 1.82) is 0 Å². The maximum Gasteiger partial charge on any atom is 2.00 e. The molecule has 3 aromatic heterocycles. The van der Waals surface area contributed by atoms with Crippen LogP contribution in [-0.2, 0) is 20.4 Å². The summed E-state index contributed by atoms with van der Waals surface area (Å²) in [5, 5.41) is 7.46. The Morgan fingerprint density at radius 1 is 0.735 bits per heavy atom. The molecule has 7 heteroatoms. The summed E-state index contributed by atoms with van der Waals surface area (Å²) in [5.41, 5.74) is 11.1. The van der Waals surface area contributed by atoms with Gasteiger partial charge in [-0.3, -0.25) is 4.68 Å². The summed E-state index contributed by atoms with van der Waals surface area (Å²) in [6.07, 6.45) is 1.76. The second-order valence-corrected chi connectivity index (χ2v) is 13.1. The van der Waals surface area contributed by atoms with Gasteiger partial charge in [-0.2, -0.15) is 16.7 Å². The maximum atomic E-state index is 6.56. The SMILES string of the molecule is COc1ccnc(-n2c3[c-]c(Oc4[c-]c(-n5nc(C(C)C)c(-c6c(C)cccc6C)c5C(C)C)cc(C)c4)ccc3c3ccccc32)c1.[Pd+2]. The summed E-state index contributed by atoms with van der Waals surface area (Å²) < 4.78 is 16.3. The molecule has 49 heavy (non-hydrogen) atoms. The normalized spacial score (nSPS) is 11.5. The summed E-state index contributed by atoms with van der Waals surface area (Å²) >= 11 is 0. The number of methoxy groups -OCH3 is 1. The number of aryl methyl sites for hydroxylation is 3.